The molecule has 0 heterocycles. The second kappa shape index (κ2) is 5.50. The molecule has 3 heteroatoms. The number of hydrogen-bond acceptors (Lipinski definition) is 2. The number of nitrogens with two attached hydrogens (primary N) is 1. The molecule has 88 valence electrons. The van der Waals surface area contributed by atoms with Crippen molar-refractivity contribution in [3.05, 3.63) is 0 Å². The molecule has 0 spiro atoms. The lowest BCUT2D eigenvalue weighted by atomic mass is 9.67. The first kappa shape index (κ1) is 12.5. The molecule has 1 atom stereocenters. The quantitative estimate of drug-likeness (QED) is 0.703. The molecular formula is C12H24N2O. The van der Waals surface area contributed by atoms with Crippen LogP contribution >= 0.6 is 0 Å². The fourth-order valence-corrected chi connectivity index (χ4v) is 2.16. The Labute approximate surface area is 92.8 Å². The van der Waals surface area contributed by atoms with Crippen molar-refractivity contribution in [2.75, 3.05) is 13.1 Å². The Kier molecular flexibility index (Phi) is 4.58. The minimum Gasteiger partial charge on any atom is -0.355 e. The molecule has 0 aromatic heterocycles. The first-order valence-electron chi connectivity index (χ1n) is 6.11. The van der Waals surface area contributed by atoms with E-state index in [4.69, 9.17) is 5.73 Å². The number of nitrogens with one attached hydrogen (secondary N) is 1. The van der Waals surface area contributed by atoms with Gasteiger partial charge in [0.05, 0.1) is 0 Å². The summed E-state index contributed by atoms with van der Waals surface area (Å²) >= 11 is 0. The average Bonchev–Trinajstić information content (AvgIpc) is 2.17. The molecule has 3 nitrogen and oxygen atoms in total. The van der Waals surface area contributed by atoms with Gasteiger partial charge in [-0.25, -0.2) is 0 Å². The third-order valence-electron chi connectivity index (χ3n) is 3.85. The van der Waals surface area contributed by atoms with Crippen molar-refractivity contribution >= 4 is 5.91 Å². The summed E-state index contributed by atoms with van der Waals surface area (Å²) in [6.45, 7) is 5.61. The molecule has 3 N–H and O–H groups in total. The van der Waals surface area contributed by atoms with Crippen LogP contribution in [-0.2, 0) is 4.79 Å². The number of carbonyl (C=O) groups excluding carboxylic acids is 1. The zero-order valence-electron chi connectivity index (χ0n) is 10.0. The Morgan fingerprint density at radius 3 is 2.60 bits per heavy atom. The Morgan fingerprint density at radius 1 is 1.53 bits per heavy atom. The summed E-state index contributed by atoms with van der Waals surface area (Å²) < 4.78 is 0. The van der Waals surface area contributed by atoms with Gasteiger partial charge in [-0.2, -0.15) is 0 Å². The van der Waals surface area contributed by atoms with E-state index < -0.39 is 0 Å². The summed E-state index contributed by atoms with van der Waals surface area (Å²) in [4.78, 5) is 11.7. The molecule has 0 aliphatic heterocycles. The van der Waals surface area contributed by atoms with Crippen LogP contribution in [0.15, 0.2) is 0 Å². The molecule has 1 amide bonds. The van der Waals surface area contributed by atoms with E-state index in [-0.39, 0.29) is 11.8 Å². The van der Waals surface area contributed by atoms with Gasteiger partial charge in [0.25, 0.3) is 0 Å². The molecule has 1 aliphatic rings. The molecule has 1 saturated carbocycles. The van der Waals surface area contributed by atoms with E-state index in [1.165, 1.54) is 25.7 Å². The third-order valence-corrected chi connectivity index (χ3v) is 3.85. The van der Waals surface area contributed by atoms with Crippen molar-refractivity contribution in [2.24, 2.45) is 17.1 Å². The SMILES string of the molecule is CCC1(CNC(=O)C(C)CCN)CCC1. The van der Waals surface area contributed by atoms with Crippen LogP contribution < -0.4 is 11.1 Å². The monoisotopic (exact) mass is 212 g/mol. The number of hydrogen-bond donors (Lipinski definition) is 2. The lowest BCUT2D eigenvalue weighted by molar-refractivity contribution is -0.125. The fraction of sp³-hybridized carbons (Fsp3) is 0.917. The predicted octanol–water partition coefficient (Wildman–Crippen LogP) is 1.67. The summed E-state index contributed by atoms with van der Waals surface area (Å²) in [6, 6.07) is 0. The van der Waals surface area contributed by atoms with E-state index in [2.05, 4.69) is 12.2 Å². The Bertz CT molecular complexity index is 206. The van der Waals surface area contributed by atoms with Crippen molar-refractivity contribution in [1.82, 2.24) is 5.32 Å². The Hall–Kier alpha value is -0.570. The van der Waals surface area contributed by atoms with Crippen molar-refractivity contribution in [3.8, 4) is 0 Å². The van der Waals surface area contributed by atoms with Crippen molar-refractivity contribution in [3.63, 3.8) is 0 Å². The highest BCUT2D eigenvalue weighted by Crippen LogP contribution is 2.43. The second-order valence-electron chi connectivity index (χ2n) is 4.90. The summed E-state index contributed by atoms with van der Waals surface area (Å²) in [5, 5.41) is 3.07. The zero-order chi connectivity index (χ0) is 11.3. The van der Waals surface area contributed by atoms with Gasteiger partial charge in [-0.05, 0) is 37.6 Å². The van der Waals surface area contributed by atoms with Crippen LogP contribution in [0.5, 0.6) is 0 Å². The highest BCUT2D eigenvalue weighted by molar-refractivity contribution is 5.78. The smallest absolute Gasteiger partial charge is 0.222 e. The van der Waals surface area contributed by atoms with Crippen LogP contribution in [0.3, 0.4) is 0 Å². The second-order valence-corrected chi connectivity index (χ2v) is 4.90. The van der Waals surface area contributed by atoms with E-state index >= 15 is 0 Å². The van der Waals surface area contributed by atoms with E-state index in [9.17, 15) is 4.79 Å². The minimum atomic E-state index is 0.0592. The van der Waals surface area contributed by atoms with Gasteiger partial charge in [-0.3, -0.25) is 4.79 Å². The summed E-state index contributed by atoms with van der Waals surface area (Å²) in [5.41, 5.74) is 5.85. The first-order chi connectivity index (χ1) is 7.13. The molecule has 15 heavy (non-hydrogen) atoms. The topological polar surface area (TPSA) is 55.1 Å². The fourth-order valence-electron chi connectivity index (χ4n) is 2.16. The molecule has 0 bridgehead atoms. The molecular weight excluding hydrogens is 188 g/mol. The van der Waals surface area contributed by atoms with Gasteiger partial charge in [0, 0.05) is 12.5 Å². The number of rotatable bonds is 6. The molecule has 1 rings (SSSR count). The molecule has 0 saturated heterocycles. The third kappa shape index (κ3) is 3.20. The average molecular weight is 212 g/mol. The zero-order valence-corrected chi connectivity index (χ0v) is 10.0. The normalized spacial score (nSPS) is 20.5. The lowest BCUT2D eigenvalue weighted by Gasteiger charge is -2.41. The lowest BCUT2D eigenvalue weighted by Crippen LogP contribution is -2.43. The number of carbonyl (C=O) groups is 1. The first-order valence-corrected chi connectivity index (χ1v) is 6.11. The Balaban J connectivity index is 2.26. The van der Waals surface area contributed by atoms with Crippen LogP contribution in [0.2, 0.25) is 0 Å². The largest absolute Gasteiger partial charge is 0.355 e. The highest BCUT2D eigenvalue weighted by atomic mass is 16.1. The molecule has 1 aliphatic carbocycles. The van der Waals surface area contributed by atoms with Crippen LogP contribution in [0.4, 0.5) is 0 Å². The van der Waals surface area contributed by atoms with Gasteiger partial charge in [-0.15, -0.1) is 0 Å². The summed E-state index contributed by atoms with van der Waals surface area (Å²) in [6.07, 6.45) is 5.83. The van der Waals surface area contributed by atoms with E-state index in [1.54, 1.807) is 0 Å². The minimum absolute atomic E-state index is 0.0592. The van der Waals surface area contributed by atoms with Crippen LogP contribution in [0, 0.1) is 11.3 Å². The van der Waals surface area contributed by atoms with Crippen molar-refractivity contribution in [2.45, 2.75) is 46.0 Å². The van der Waals surface area contributed by atoms with Gasteiger partial charge >= 0.3 is 0 Å². The van der Waals surface area contributed by atoms with Gasteiger partial charge in [-0.1, -0.05) is 20.3 Å². The molecule has 0 aromatic rings. The van der Waals surface area contributed by atoms with Crippen LogP contribution in [-0.4, -0.2) is 19.0 Å². The van der Waals surface area contributed by atoms with E-state index in [0.29, 0.717) is 12.0 Å². The predicted molar refractivity (Wildman–Crippen MR) is 62.4 cm³/mol. The van der Waals surface area contributed by atoms with E-state index in [1.807, 2.05) is 6.92 Å². The van der Waals surface area contributed by atoms with Gasteiger partial charge < -0.3 is 11.1 Å². The maximum atomic E-state index is 11.7. The van der Waals surface area contributed by atoms with Crippen LogP contribution in [0.25, 0.3) is 0 Å². The maximum absolute atomic E-state index is 11.7. The molecule has 0 radical (unpaired) electrons. The van der Waals surface area contributed by atoms with E-state index in [0.717, 1.165) is 13.0 Å². The van der Waals surface area contributed by atoms with Crippen molar-refractivity contribution in [1.29, 1.82) is 0 Å². The summed E-state index contributed by atoms with van der Waals surface area (Å²) in [5.74, 6) is 0.226. The summed E-state index contributed by atoms with van der Waals surface area (Å²) in [7, 11) is 0. The van der Waals surface area contributed by atoms with Crippen molar-refractivity contribution < 1.29 is 4.79 Å². The standard InChI is InChI=1S/C12H24N2O/c1-3-12(6-4-7-12)9-14-11(15)10(2)5-8-13/h10H,3-9,13H2,1-2H3,(H,14,15). The maximum Gasteiger partial charge on any atom is 0.222 e. The van der Waals surface area contributed by atoms with Gasteiger partial charge in [0.15, 0.2) is 0 Å². The van der Waals surface area contributed by atoms with Gasteiger partial charge in [0.1, 0.15) is 0 Å². The molecule has 0 aromatic carbocycles. The Morgan fingerprint density at radius 2 is 2.20 bits per heavy atom. The molecule has 1 unspecified atom stereocenters. The van der Waals surface area contributed by atoms with Crippen LogP contribution in [0.1, 0.15) is 46.0 Å². The molecule has 1 fully saturated rings. The number of amides is 1. The highest BCUT2D eigenvalue weighted by Gasteiger charge is 2.35. The van der Waals surface area contributed by atoms with Gasteiger partial charge in [0.2, 0.25) is 5.91 Å².